The van der Waals surface area contributed by atoms with Crippen molar-refractivity contribution in [1.82, 2.24) is 10.1 Å². The molecular formula is C18H25N3O2. The molecule has 2 rings (SSSR count). The van der Waals surface area contributed by atoms with Crippen LogP contribution in [0.3, 0.4) is 0 Å². The summed E-state index contributed by atoms with van der Waals surface area (Å²) in [5, 5.41) is 6.92. The number of aryl methyl sites for hydroxylation is 3. The van der Waals surface area contributed by atoms with Crippen LogP contribution in [-0.2, 0) is 16.6 Å². The summed E-state index contributed by atoms with van der Waals surface area (Å²) in [6.45, 7) is 10.2. The molecule has 1 amide bonds. The quantitative estimate of drug-likeness (QED) is 0.907. The molecule has 5 heteroatoms. The van der Waals surface area contributed by atoms with Crippen LogP contribution in [0.5, 0.6) is 0 Å². The van der Waals surface area contributed by atoms with Crippen molar-refractivity contribution in [3.8, 4) is 0 Å². The second-order valence-corrected chi connectivity index (χ2v) is 7.04. The highest BCUT2D eigenvalue weighted by Crippen LogP contribution is 2.19. The minimum Gasteiger partial charge on any atom is -0.339 e. The summed E-state index contributed by atoms with van der Waals surface area (Å²) < 4.78 is 5.23. The topological polar surface area (TPSA) is 68.0 Å². The molecule has 0 aliphatic rings. The molecule has 0 saturated heterocycles. The minimum absolute atomic E-state index is 0.00515. The minimum atomic E-state index is -0.123. The number of carbonyl (C=O) groups excluding carboxylic acids is 1. The SMILES string of the molecule is Cc1cc(C)cc(NC(=O)CCCc2nc(C(C)(C)C)no2)c1. The van der Waals surface area contributed by atoms with Crippen molar-refractivity contribution in [2.24, 2.45) is 0 Å². The fourth-order valence-electron chi connectivity index (χ4n) is 2.33. The van der Waals surface area contributed by atoms with Gasteiger partial charge in [0.2, 0.25) is 11.8 Å². The fourth-order valence-corrected chi connectivity index (χ4v) is 2.33. The zero-order valence-electron chi connectivity index (χ0n) is 14.6. The normalized spacial score (nSPS) is 11.5. The maximum absolute atomic E-state index is 12.0. The molecule has 0 fully saturated rings. The van der Waals surface area contributed by atoms with Crippen molar-refractivity contribution in [2.45, 2.75) is 59.3 Å². The first-order valence-electron chi connectivity index (χ1n) is 7.95. The predicted octanol–water partition coefficient (Wildman–Crippen LogP) is 3.95. The molecule has 5 nitrogen and oxygen atoms in total. The number of hydrogen-bond donors (Lipinski definition) is 1. The Morgan fingerprint density at radius 3 is 2.39 bits per heavy atom. The van der Waals surface area contributed by atoms with E-state index in [2.05, 4.69) is 21.5 Å². The van der Waals surface area contributed by atoms with E-state index in [4.69, 9.17) is 4.52 Å². The van der Waals surface area contributed by atoms with Gasteiger partial charge in [-0.15, -0.1) is 0 Å². The maximum Gasteiger partial charge on any atom is 0.226 e. The van der Waals surface area contributed by atoms with E-state index in [-0.39, 0.29) is 11.3 Å². The van der Waals surface area contributed by atoms with Crippen LogP contribution < -0.4 is 5.32 Å². The van der Waals surface area contributed by atoms with Gasteiger partial charge in [-0.25, -0.2) is 0 Å². The average Bonchev–Trinajstić information content (AvgIpc) is 2.86. The average molecular weight is 315 g/mol. The zero-order valence-corrected chi connectivity index (χ0v) is 14.6. The van der Waals surface area contributed by atoms with E-state index in [0.717, 1.165) is 16.8 Å². The van der Waals surface area contributed by atoms with E-state index in [1.165, 1.54) is 0 Å². The first-order valence-corrected chi connectivity index (χ1v) is 7.95. The van der Waals surface area contributed by atoms with E-state index >= 15 is 0 Å². The molecule has 23 heavy (non-hydrogen) atoms. The van der Waals surface area contributed by atoms with Gasteiger partial charge in [-0.1, -0.05) is 32.0 Å². The van der Waals surface area contributed by atoms with Gasteiger partial charge >= 0.3 is 0 Å². The number of nitrogens with one attached hydrogen (secondary N) is 1. The number of rotatable bonds is 5. The van der Waals surface area contributed by atoms with Gasteiger partial charge in [0.05, 0.1) is 0 Å². The lowest BCUT2D eigenvalue weighted by molar-refractivity contribution is -0.116. The molecule has 0 spiro atoms. The van der Waals surface area contributed by atoms with Crippen LogP contribution in [0.1, 0.15) is 56.5 Å². The van der Waals surface area contributed by atoms with Gasteiger partial charge in [0.1, 0.15) is 0 Å². The van der Waals surface area contributed by atoms with E-state index < -0.39 is 0 Å². The summed E-state index contributed by atoms with van der Waals surface area (Å²) in [5.41, 5.74) is 3.00. The number of carbonyl (C=O) groups is 1. The first kappa shape index (κ1) is 17.2. The van der Waals surface area contributed by atoms with Crippen LogP contribution in [-0.4, -0.2) is 16.0 Å². The molecule has 124 valence electrons. The predicted molar refractivity (Wildman–Crippen MR) is 90.5 cm³/mol. The Labute approximate surface area is 137 Å². The Bertz CT molecular complexity index is 664. The van der Waals surface area contributed by atoms with Gasteiger partial charge in [-0.2, -0.15) is 4.98 Å². The number of amides is 1. The standard InChI is InChI=1S/C18H25N3O2/c1-12-9-13(2)11-14(10-12)19-15(22)7-6-8-16-20-17(21-23-16)18(3,4)5/h9-11H,6-8H2,1-5H3,(H,19,22). The smallest absolute Gasteiger partial charge is 0.226 e. The summed E-state index contributed by atoms with van der Waals surface area (Å²) in [7, 11) is 0. The van der Waals surface area contributed by atoms with Crippen molar-refractivity contribution in [3.63, 3.8) is 0 Å². The van der Waals surface area contributed by atoms with E-state index in [9.17, 15) is 4.79 Å². The number of nitrogens with zero attached hydrogens (tertiary/aromatic N) is 2. The third kappa shape index (κ3) is 5.20. The summed E-state index contributed by atoms with van der Waals surface area (Å²) in [4.78, 5) is 16.4. The fraction of sp³-hybridized carbons (Fsp3) is 0.500. The monoisotopic (exact) mass is 315 g/mol. The number of aromatic nitrogens is 2. The summed E-state index contributed by atoms with van der Waals surface area (Å²) in [6, 6.07) is 6.02. The van der Waals surface area contributed by atoms with Gasteiger partial charge in [-0.05, 0) is 43.5 Å². The van der Waals surface area contributed by atoms with E-state index in [1.807, 2.05) is 46.8 Å². The van der Waals surface area contributed by atoms with Crippen LogP contribution in [0, 0.1) is 13.8 Å². The van der Waals surface area contributed by atoms with Crippen LogP contribution in [0.25, 0.3) is 0 Å². The molecular weight excluding hydrogens is 290 g/mol. The Kier molecular flexibility index (Phi) is 5.19. The Morgan fingerprint density at radius 2 is 1.83 bits per heavy atom. The largest absolute Gasteiger partial charge is 0.339 e. The van der Waals surface area contributed by atoms with Crippen LogP contribution in [0.2, 0.25) is 0 Å². The Hall–Kier alpha value is -2.17. The Balaban J connectivity index is 1.82. The van der Waals surface area contributed by atoms with Crippen molar-refractivity contribution >= 4 is 11.6 Å². The van der Waals surface area contributed by atoms with Gasteiger partial charge in [0.15, 0.2) is 5.82 Å². The van der Waals surface area contributed by atoms with Crippen molar-refractivity contribution in [1.29, 1.82) is 0 Å². The molecule has 1 aromatic carbocycles. The van der Waals surface area contributed by atoms with E-state index in [0.29, 0.717) is 31.0 Å². The Morgan fingerprint density at radius 1 is 1.17 bits per heavy atom. The third-order valence-electron chi connectivity index (χ3n) is 3.44. The summed E-state index contributed by atoms with van der Waals surface area (Å²) >= 11 is 0. The highest BCUT2D eigenvalue weighted by Gasteiger charge is 2.20. The van der Waals surface area contributed by atoms with Crippen molar-refractivity contribution in [2.75, 3.05) is 5.32 Å². The molecule has 0 unspecified atom stereocenters. The van der Waals surface area contributed by atoms with Crippen LogP contribution in [0.15, 0.2) is 22.7 Å². The van der Waals surface area contributed by atoms with Crippen molar-refractivity contribution < 1.29 is 9.32 Å². The van der Waals surface area contributed by atoms with Gasteiger partial charge in [0, 0.05) is 23.9 Å². The molecule has 2 aromatic rings. The molecule has 1 N–H and O–H groups in total. The highest BCUT2D eigenvalue weighted by atomic mass is 16.5. The molecule has 0 saturated carbocycles. The molecule has 0 radical (unpaired) electrons. The van der Waals surface area contributed by atoms with Crippen molar-refractivity contribution in [3.05, 3.63) is 41.0 Å². The molecule has 0 aliphatic heterocycles. The van der Waals surface area contributed by atoms with Gasteiger partial charge in [-0.3, -0.25) is 4.79 Å². The summed E-state index contributed by atoms with van der Waals surface area (Å²) in [6.07, 6.45) is 1.73. The second-order valence-electron chi connectivity index (χ2n) is 7.04. The highest BCUT2D eigenvalue weighted by molar-refractivity contribution is 5.90. The lowest BCUT2D eigenvalue weighted by Gasteiger charge is -2.10. The van der Waals surface area contributed by atoms with Gasteiger partial charge < -0.3 is 9.84 Å². The maximum atomic E-state index is 12.0. The van der Waals surface area contributed by atoms with Gasteiger partial charge in [0.25, 0.3) is 0 Å². The second kappa shape index (κ2) is 6.94. The van der Waals surface area contributed by atoms with Crippen LogP contribution >= 0.6 is 0 Å². The summed E-state index contributed by atoms with van der Waals surface area (Å²) in [5.74, 6) is 1.30. The molecule has 1 heterocycles. The molecule has 0 atom stereocenters. The number of anilines is 1. The number of benzene rings is 1. The molecule has 1 aromatic heterocycles. The molecule has 0 bridgehead atoms. The van der Waals surface area contributed by atoms with E-state index in [1.54, 1.807) is 0 Å². The number of hydrogen-bond acceptors (Lipinski definition) is 4. The van der Waals surface area contributed by atoms with Crippen LogP contribution in [0.4, 0.5) is 5.69 Å². The third-order valence-corrected chi connectivity index (χ3v) is 3.44. The lowest BCUT2D eigenvalue weighted by Crippen LogP contribution is -2.13. The first-order chi connectivity index (χ1) is 10.7. The molecule has 0 aliphatic carbocycles. The zero-order chi connectivity index (χ0) is 17.0. The lowest BCUT2D eigenvalue weighted by atomic mass is 9.96.